The van der Waals surface area contributed by atoms with Gasteiger partial charge in [-0.2, -0.15) is 0 Å². The lowest BCUT2D eigenvalue weighted by atomic mass is 10.1. The number of nitrogens with one attached hydrogen (secondary N) is 1. The number of ether oxygens (including phenoxy) is 1. The molecule has 0 aromatic carbocycles. The summed E-state index contributed by atoms with van der Waals surface area (Å²) in [7, 11) is 0. The van der Waals surface area contributed by atoms with E-state index in [9.17, 15) is 9.59 Å². The van der Waals surface area contributed by atoms with Crippen LogP contribution in [0.2, 0.25) is 0 Å². The number of amides is 2. The van der Waals surface area contributed by atoms with E-state index in [1.54, 1.807) is 0 Å². The number of carbonyl (C=O) groups is 2. The number of morpholine rings is 1. The quantitative estimate of drug-likeness (QED) is 0.750. The first-order valence-corrected chi connectivity index (χ1v) is 9.31. The van der Waals surface area contributed by atoms with Crippen LogP contribution < -0.4 is 5.32 Å². The van der Waals surface area contributed by atoms with Crippen molar-refractivity contribution in [1.29, 1.82) is 0 Å². The molecule has 1 N–H and O–H groups in total. The van der Waals surface area contributed by atoms with E-state index in [0.29, 0.717) is 19.6 Å². The minimum absolute atomic E-state index is 0.143. The molecule has 0 aliphatic carbocycles. The minimum Gasteiger partial charge on any atom is -0.378 e. The molecule has 0 aromatic rings. The molecule has 3 aliphatic rings. The number of likely N-dealkylation sites (tertiary alicyclic amines) is 1. The van der Waals surface area contributed by atoms with E-state index in [0.717, 1.165) is 65.3 Å². The van der Waals surface area contributed by atoms with E-state index in [4.69, 9.17) is 4.74 Å². The summed E-state index contributed by atoms with van der Waals surface area (Å²) >= 11 is 0. The predicted octanol–water partition coefficient (Wildman–Crippen LogP) is -0.478. The lowest BCUT2D eigenvalue weighted by molar-refractivity contribution is -0.136. The van der Waals surface area contributed by atoms with Gasteiger partial charge in [-0.15, -0.1) is 0 Å². The number of hydrogen-bond donors (Lipinski definition) is 1. The average Bonchev–Trinajstić information content (AvgIpc) is 2.64. The van der Waals surface area contributed by atoms with Crippen molar-refractivity contribution in [3.8, 4) is 0 Å². The molecule has 1 atom stereocenters. The van der Waals surface area contributed by atoms with E-state index in [1.165, 1.54) is 6.42 Å². The smallest absolute Gasteiger partial charge is 0.236 e. The molecule has 2 amide bonds. The molecule has 7 heteroatoms. The third-order valence-corrected chi connectivity index (χ3v) is 5.21. The zero-order valence-electron chi connectivity index (χ0n) is 14.5. The van der Waals surface area contributed by atoms with Crippen molar-refractivity contribution in [3.63, 3.8) is 0 Å². The van der Waals surface area contributed by atoms with Crippen molar-refractivity contribution in [2.45, 2.75) is 31.7 Å². The van der Waals surface area contributed by atoms with Crippen LogP contribution in [-0.4, -0.2) is 98.1 Å². The first-order chi connectivity index (χ1) is 11.7. The van der Waals surface area contributed by atoms with E-state index in [1.807, 2.05) is 9.80 Å². The molecule has 3 aliphatic heterocycles. The highest BCUT2D eigenvalue weighted by Crippen LogP contribution is 2.11. The zero-order valence-corrected chi connectivity index (χ0v) is 14.5. The van der Waals surface area contributed by atoms with Gasteiger partial charge in [0.1, 0.15) is 0 Å². The Labute approximate surface area is 144 Å². The number of rotatable bonds is 4. The summed E-state index contributed by atoms with van der Waals surface area (Å²) in [6, 6.07) is 0.143. The van der Waals surface area contributed by atoms with E-state index in [2.05, 4.69) is 10.2 Å². The summed E-state index contributed by atoms with van der Waals surface area (Å²) in [5.74, 6) is 0.443. The molecule has 0 spiro atoms. The van der Waals surface area contributed by atoms with Gasteiger partial charge in [0.2, 0.25) is 11.8 Å². The molecular formula is C17H30N4O3. The van der Waals surface area contributed by atoms with Gasteiger partial charge in [-0.1, -0.05) is 0 Å². The van der Waals surface area contributed by atoms with E-state index in [-0.39, 0.29) is 17.9 Å². The molecular weight excluding hydrogens is 308 g/mol. The molecule has 0 radical (unpaired) electrons. The third kappa shape index (κ3) is 4.91. The van der Waals surface area contributed by atoms with E-state index >= 15 is 0 Å². The molecule has 1 unspecified atom stereocenters. The highest BCUT2D eigenvalue weighted by molar-refractivity contribution is 5.79. The van der Waals surface area contributed by atoms with Gasteiger partial charge in [0.05, 0.1) is 19.8 Å². The van der Waals surface area contributed by atoms with Gasteiger partial charge in [-0.05, 0) is 19.3 Å². The van der Waals surface area contributed by atoms with Gasteiger partial charge in [-0.25, -0.2) is 0 Å². The van der Waals surface area contributed by atoms with E-state index < -0.39 is 0 Å². The van der Waals surface area contributed by atoms with Crippen LogP contribution in [0.25, 0.3) is 0 Å². The van der Waals surface area contributed by atoms with Crippen molar-refractivity contribution in [2.24, 2.45) is 0 Å². The van der Waals surface area contributed by atoms with Crippen LogP contribution in [0, 0.1) is 0 Å². The monoisotopic (exact) mass is 338 g/mol. The fourth-order valence-corrected chi connectivity index (χ4v) is 3.68. The zero-order chi connectivity index (χ0) is 16.8. The topological polar surface area (TPSA) is 65.1 Å². The van der Waals surface area contributed by atoms with Crippen LogP contribution in [0.5, 0.6) is 0 Å². The lowest BCUT2D eigenvalue weighted by Crippen LogP contribution is -2.53. The molecule has 3 fully saturated rings. The number of carbonyl (C=O) groups excluding carboxylic acids is 2. The predicted molar refractivity (Wildman–Crippen MR) is 90.7 cm³/mol. The average molecular weight is 338 g/mol. The standard InChI is InChI=1S/C17H30N4O3/c22-16(12-15-14-24-11-4-18-15)21-9-7-19(8-10-21)13-17(23)20-5-2-1-3-6-20/h15,18H,1-14H2. The van der Waals surface area contributed by atoms with Crippen LogP contribution in [-0.2, 0) is 14.3 Å². The summed E-state index contributed by atoms with van der Waals surface area (Å²) < 4.78 is 5.41. The highest BCUT2D eigenvalue weighted by atomic mass is 16.5. The molecule has 0 aromatic heterocycles. The van der Waals surface area contributed by atoms with Gasteiger partial charge >= 0.3 is 0 Å². The largest absolute Gasteiger partial charge is 0.378 e. The Morgan fingerprint density at radius 3 is 2.29 bits per heavy atom. The fraction of sp³-hybridized carbons (Fsp3) is 0.882. The van der Waals surface area contributed by atoms with Gasteiger partial charge in [0, 0.05) is 58.3 Å². The second kappa shape index (κ2) is 8.78. The van der Waals surface area contributed by atoms with Crippen molar-refractivity contribution >= 4 is 11.8 Å². The van der Waals surface area contributed by atoms with Gasteiger partial charge in [0.25, 0.3) is 0 Å². The normalized spacial score (nSPS) is 26.4. The van der Waals surface area contributed by atoms with Gasteiger partial charge < -0.3 is 19.9 Å². The van der Waals surface area contributed by atoms with Crippen LogP contribution in [0.4, 0.5) is 0 Å². The SMILES string of the molecule is O=C(CC1COCCN1)N1CCN(CC(=O)N2CCCCC2)CC1. The van der Waals surface area contributed by atoms with Crippen LogP contribution in [0.15, 0.2) is 0 Å². The first-order valence-electron chi connectivity index (χ1n) is 9.31. The Morgan fingerprint density at radius 1 is 0.917 bits per heavy atom. The van der Waals surface area contributed by atoms with Crippen molar-refractivity contribution in [2.75, 3.05) is 65.6 Å². The molecule has 0 saturated carbocycles. The summed E-state index contributed by atoms with van der Waals surface area (Å²) in [4.78, 5) is 30.8. The molecule has 3 rings (SSSR count). The third-order valence-electron chi connectivity index (χ3n) is 5.21. The van der Waals surface area contributed by atoms with Crippen molar-refractivity contribution < 1.29 is 14.3 Å². The van der Waals surface area contributed by atoms with Crippen LogP contribution in [0.1, 0.15) is 25.7 Å². The molecule has 24 heavy (non-hydrogen) atoms. The Hall–Kier alpha value is -1.18. The van der Waals surface area contributed by atoms with Crippen molar-refractivity contribution in [3.05, 3.63) is 0 Å². The second-order valence-corrected chi connectivity index (χ2v) is 7.03. The summed E-state index contributed by atoms with van der Waals surface area (Å²) in [6.07, 6.45) is 4.01. The Morgan fingerprint density at radius 2 is 1.62 bits per heavy atom. The van der Waals surface area contributed by atoms with Gasteiger partial charge in [0.15, 0.2) is 0 Å². The Bertz CT molecular complexity index is 426. The van der Waals surface area contributed by atoms with Crippen LogP contribution in [0.3, 0.4) is 0 Å². The molecule has 0 bridgehead atoms. The number of nitrogens with zero attached hydrogens (tertiary/aromatic N) is 3. The Kier molecular flexibility index (Phi) is 6.45. The molecule has 136 valence electrons. The highest BCUT2D eigenvalue weighted by Gasteiger charge is 2.26. The molecule has 3 heterocycles. The van der Waals surface area contributed by atoms with Crippen LogP contribution >= 0.6 is 0 Å². The minimum atomic E-state index is 0.143. The lowest BCUT2D eigenvalue weighted by Gasteiger charge is -2.36. The number of piperazine rings is 1. The molecule has 7 nitrogen and oxygen atoms in total. The second-order valence-electron chi connectivity index (χ2n) is 7.03. The maximum absolute atomic E-state index is 12.4. The molecule has 3 saturated heterocycles. The fourth-order valence-electron chi connectivity index (χ4n) is 3.68. The first kappa shape index (κ1) is 17.6. The Balaban J connectivity index is 1.37. The number of hydrogen-bond acceptors (Lipinski definition) is 5. The summed E-state index contributed by atoms with van der Waals surface area (Å²) in [6.45, 7) is 7.52. The summed E-state index contributed by atoms with van der Waals surface area (Å²) in [5.41, 5.74) is 0. The van der Waals surface area contributed by atoms with Gasteiger partial charge in [-0.3, -0.25) is 14.5 Å². The summed E-state index contributed by atoms with van der Waals surface area (Å²) in [5, 5.41) is 3.33. The maximum atomic E-state index is 12.4. The maximum Gasteiger partial charge on any atom is 0.236 e. The number of piperidine rings is 1. The van der Waals surface area contributed by atoms with Crippen molar-refractivity contribution in [1.82, 2.24) is 20.0 Å².